The topological polar surface area (TPSA) is 65.5 Å². The molecule has 2 N–H and O–H groups in total. The van der Waals surface area contributed by atoms with Crippen LogP contribution in [0.15, 0.2) is 72.9 Å². The zero-order chi connectivity index (χ0) is 20.9. The molecule has 5 nitrogen and oxygen atoms in total. The number of hydrogen-bond acceptors (Lipinski definition) is 4. The summed E-state index contributed by atoms with van der Waals surface area (Å²) in [4.78, 5) is 19.4. The van der Waals surface area contributed by atoms with Crippen molar-refractivity contribution in [2.45, 2.75) is 38.5 Å². The van der Waals surface area contributed by atoms with E-state index in [9.17, 15) is 9.90 Å². The fraction of sp³-hybridized carbons (Fsp3) is 0.280. The standard InChI is InChI=1S/C25H27N3O2/c1-18-6-5-9-20(14-18)23(29)17-28(16-19-7-3-2-4-8-19)25(30)21-10-13-24(26-15-21)27-22-11-12-22/h2-10,13-15,22-23,29H,11-12,16-17H2,1H3,(H,26,27)/t23-/m1/s1. The normalized spacial score (nSPS) is 14.2. The van der Waals surface area contributed by atoms with E-state index in [0.29, 0.717) is 18.2 Å². The maximum Gasteiger partial charge on any atom is 0.255 e. The molecule has 1 aromatic heterocycles. The van der Waals surface area contributed by atoms with Gasteiger partial charge in [0.05, 0.1) is 18.2 Å². The van der Waals surface area contributed by atoms with E-state index in [0.717, 1.165) is 22.5 Å². The van der Waals surface area contributed by atoms with Gasteiger partial charge in [-0.1, -0.05) is 60.2 Å². The Balaban J connectivity index is 1.53. The molecule has 1 fully saturated rings. The van der Waals surface area contributed by atoms with Gasteiger partial charge in [0.25, 0.3) is 5.91 Å². The number of aliphatic hydroxyl groups is 1. The summed E-state index contributed by atoms with van der Waals surface area (Å²) in [5.74, 6) is 0.652. The molecule has 3 aromatic rings. The average molecular weight is 402 g/mol. The van der Waals surface area contributed by atoms with Gasteiger partial charge < -0.3 is 15.3 Å². The number of carbonyl (C=O) groups excluding carboxylic acids is 1. The maximum absolute atomic E-state index is 13.3. The SMILES string of the molecule is Cc1cccc([C@H](O)CN(Cc2ccccc2)C(=O)c2ccc(NC3CC3)nc2)c1. The molecule has 2 aromatic carbocycles. The number of rotatable bonds is 8. The minimum Gasteiger partial charge on any atom is -0.387 e. The number of amides is 1. The lowest BCUT2D eigenvalue weighted by Gasteiger charge is -2.26. The Hall–Kier alpha value is -3.18. The van der Waals surface area contributed by atoms with Crippen LogP contribution < -0.4 is 5.32 Å². The highest BCUT2D eigenvalue weighted by Crippen LogP contribution is 2.24. The summed E-state index contributed by atoms with van der Waals surface area (Å²) in [6.07, 6.45) is 3.19. The Kier molecular flexibility index (Phi) is 6.10. The van der Waals surface area contributed by atoms with Gasteiger partial charge >= 0.3 is 0 Å². The predicted octanol–water partition coefficient (Wildman–Crippen LogP) is 4.34. The van der Waals surface area contributed by atoms with Crippen LogP contribution in [-0.2, 0) is 6.54 Å². The Bertz CT molecular complexity index is 985. The predicted molar refractivity (Wildman–Crippen MR) is 118 cm³/mol. The lowest BCUT2D eigenvalue weighted by molar-refractivity contribution is 0.0603. The summed E-state index contributed by atoms with van der Waals surface area (Å²) < 4.78 is 0. The third-order valence-electron chi connectivity index (χ3n) is 5.26. The monoisotopic (exact) mass is 401 g/mol. The van der Waals surface area contributed by atoms with E-state index in [1.165, 1.54) is 12.8 Å². The number of carbonyl (C=O) groups is 1. The summed E-state index contributed by atoms with van der Waals surface area (Å²) in [6.45, 7) is 2.62. The second-order valence-electron chi connectivity index (χ2n) is 7.95. The van der Waals surface area contributed by atoms with Crippen LogP contribution >= 0.6 is 0 Å². The minimum absolute atomic E-state index is 0.143. The molecule has 30 heavy (non-hydrogen) atoms. The van der Waals surface area contributed by atoms with E-state index < -0.39 is 6.10 Å². The van der Waals surface area contributed by atoms with Gasteiger partial charge in [0.15, 0.2) is 0 Å². The van der Waals surface area contributed by atoms with Crippen molar-refractivity contribution >= 4 is 11.7 Å². The van der Waals surface area contributed by atoms with Gasteiger partial charge in [0.2, 0.25) is 0 Å². The van der Waals surface area contributed by atoms with Gasteiger partial charge in [0, 0.05) is 18.8 Å². The number of benzene rings is 2. The summed E-state index contributed by atoms with van der Waals surface area (Å²) in [5, 5.41) is 14.2. The largest absolute Gasteiger partial charge is 0.387 e. The highest BCUT2D eigenvalue weighted by Gasteiger charge is 2.23. The van der Waals surface area contributed by atoms with Crippen molar-refractivity contribution in [3.63, 3.8) is 0 Å². The number of anilines is 1. The number of aryl methyl sites for hydroxylation is 1. The third-order valence-corrected chi connectivity index (χ3v) is 5.26. The van der Waals surface area contributed by atoms with Gasteiger partial charge in [-0.05, 0) is 43.0 Å². The summed E-state index contributed by atoms with van der Waals surface area (Å²) >= 11 is 0. The second kappa shape index (κ2) is 9.09. The highest BCUT2D eigenvalue weighted by atomic mass is 16.3. The van der Waals surface area contributed by atoms with Crippen molar-refractivity contribution in [1.29, 1.82) is 0 Å². The van der Waals surface area contributed by atoms with Crippen LogP contribution in [-0.4, -0.2) is 33.5 Å². The lowest BCUT2D eigenvalue weighted by atomic mass is 10.1. The number of nitrogens with zero attached hydrogens (tertiary/aromatic N) is 2. The molecule has 154 valence electrons. The average Bonchev–Trinajstić information content (AvgIpc) is 3.58. The Labute approximate surface area is 177 Å². The van der Waals surface area contributed by atoms with E-state index >= 15 is 0 Å². The molecule has 1 aliphatic rings. The summed E-state index contributed by atoms with van der Waals surface area (Å²) in [6, 6.07) is 21.8. The van der Waals surface area contributed by atoms with Gasteiger partial charge in [-0.3, -0.25) is 4.79 Å². The zero-order valence-electron chi connectivity index (χ0n) is 17.2. The second-order valence-corrected chi connectivity index (χ2v) is 7.95. The Morgan fingerprint density at radius 1 is 1.13 bits per heavy atom. The Morgan fingerprint density at radius 3 is 2.60 bits per heavy atom. The molecule has 1 saturated carbocycles. The molecule has 0 radical (unpaired) electrons. The van der Waals surface area contributed by atoms with Crippen LogP contribution in [0.1, 0.15) is 46.0 Å². The van der Waals surface area contributed by atoms with E-state index in [2.05, 4.69) is 10.3 Å². The van der Waals surface area contributed by atoms with Crippen molar-refractivity contribution in [2.75, 3.05) is 11.9 Å². The number of pyridine rings is 1. The van der Waals surface area contributed by atoms with Crippen molar-refractivity contribution < 1.29 is 9.90 Å². The molecule has 0 unspecified atom stereocenters. The Morgan fingerprint density at radius 2 is 1.93 bits per heavy atom. The first-order chi connectivity index (χ1) is 14.6. The zero-order valence-corrected chi connectivity index (χ0v) is 17.2. The number of aromatic nitrogens is 1. The molecule has 1 heterocycles. The number of aliphatic hydroxyl groups excluding tert-OH is 1. The lowest BCUT2D eigenvalue weighted by Crippen LogP contribution is -2.34. The highest BCUT2D eigenvalue weighted by molar-refractivity contribution is 5.94. The van der Waals surface area contributed by atoms with E-state index in [4.69, 9.17) is 0 Å². The molecule has 0 saturated heterocycles. The van der Waals surface area contributed by atoms with Crippen LogP contribution in [0.2, 0.25) is 0 Å². The molecule has 0 spiro atoms. The third kappa shape index (κ3) is 5.24. The summed E-state index contributed by atoms with van der Waals surface area (Å²) in [7, 11) is 0. The maximum atomic E-state index is 13.3. The van der Waals surface area contributed by atoms with E-state index in [1.54, 1.807) is 17.2 Å². The van der Waals surface area contributed by atoms with Crippen LogP contribution in [0.4, 0.5) is 5.82 Å². The van der Waals surface area contributed by atoms with Crippen LogP contribution in [0.3, 0.4) is 0 Å². The van der Waals surface area contributed by atoms with Gasteiger partial charge in [-0.25, -0.2) is 4.98 Å². The van der Waals surface area contributed by atoms with Crippen molar-refractivity contribution in [2.24, 2.45) is 0 Å². The molecule has 1 atom stereocenters. The summed E-state index contributed by atoms with van der Waals surface area (Å²) in [5.41, 5.74) is 3.42. The number of hydrogen-bond donors (Lipinski definition) is 2. The molecular formula is C25H27N3O2. The van der Waals surface area contributed by atoms with Gasteiger partial charge in [-0.15, -0.1) is 0 Å². The van der Waals surface area contributed by atoms with E-state index in [1.807, 2.05) is 67.6 Å². The van der Waals surface area contributed by atoms with Crippen molar-refractivity contribution in [1.82, 2.24) is 9.88 Å². The fourth-order valence-corrected chi connectivity index (χ4v) is 3.44. The van der Waals surface area contributed by atoms with Crippen LogP contribution in [0.5, 0.6) is 0 Å². The fourth-order valence-electron chi connectivity index (χ4n) is 3.44. The van der Waals surface area contributed by atoms with Gasteiger partial charge in [0.1, 0.15) is 5.82 Å². The number of nitrogens with one attached hydrogen (secondary N) is 1. The smallest absolute Gasteiger partial charge is 0.255 e. The molecule has 0 bridgehead atoms. The quantitative estimate of drug-likeness (QED) is 0.589. The molecule has 4 rings (SSSR count). The first-order valence-electron chi connectivity index (χ1n) is 10.4. The first kappa shape index (κ1) is 20.1. The van der Waals surface area contributed by atoms with Crippen molar-refractivity contribution in [3.8, 4) is 0 Å². The first-order valence-corrected chi connectivity index (χ1v) is 10.4. The molecule has 5 heteroatoms. The van der Waals surface area contributed by atoms with Crippen LogP contribution in [0, 0.1) is 6.92 Å². The van der Waals surface area contributed by atoms with Gasteiger partial charge in [-0.2, -0.15) is 0 Å². The molecule has 1 aliphatic carbocycles. The van der Waals surface area contributed by atoms with Crippen LogP contribution in [0.25, 0.3) is 0 Å². The minimum atomic E-state index is -0.763. The van der Waals surface area contributed by atoms with E-state index in [-0.39, 0.29) is 12.5 Å². The molecular weight excluding hydrogens is 374 g/mol. The molecule has 0 aliphatic heterocycles. The molecule has 1 amide bonds. The van der Waals surface area contributed by atoms with Crippen molar-refractivity contribution in [3.05, 3.63) is 95.2 Å².